The van der Waals surface area contributed by atoms with Crippen molar-refractivity contribution in [1.29, 1.82) is 0 Å². The Labute approximate surface area is 102 Å². The van der Waals surface area contributed by atoms with E-state index in [1.54, 1.807) is 6.20 Å². The van der Waals surface area contributed by atoms with Gasteiger partial charge < -0.3 is 10.4 Å². The molecule has 94 valence electrons. The average molecular weight is 236 g/mol. The van der Waals surface area contributed by atoms with Crippen molar-refractivity contribution in [1.82, 2.24) is 10.3 Å². The smallest absolute Gasteiger partial charge is 0.226 e. The van der Waals surface area contributed by atoms with E-state index in [9.17, 15) is 4.79 Å². The molecular weight excluding hydrogens is 216 g/mol. The van der Waals surface area contributed by atoms with Crippen molar-refractivity contribution in [2.24, 2.45) is 5.41 Å². The zero-order chi connectivity index (χ0) is 12.7. The SMILES string of the molecule is CC(C)(CCO)CNC(=O)Cc1ccccn1. The highest BCUT2D eigenvalue weighted by Crippen LogP contribution is 2.17. The van der Waals surface area contributed by atoms with E-state index in [0.717, 1.165) is 5.69 Å². The fourth-order valence-electron chi connectivity index (χ4n) is 1.46. The maximum Gasteiger partial charge on any atom is 0.226 e. The molecule has 0 aliphatic heterocycles. The number of aliphatic hydroxyl groups is 1. The van der Waals surface area contributed by atoms with Crippen LogP contribution in [0.3, 0.4) is 0 Å². The largest absolute Gasteiger partial charge is 0.396 e. The molecule has 4 heteroatoms. The lowest BCUT2D eigenvalue weighted by Crippen LogP contribution is -2.35. The molecule has 0 saturated heterocycles. The van der Waals surface area contributed by atoms with Gasteiger partial charge in [0.05, 0.1) is 6.42 Å². The number of carbonyl (C=O) groups is 1. The molecular formula is C13H20N2O2. The lowest BCUT2D eigenvalue weighted by Gasteiger charge is -2.23. The highest BCUT2D eigenvalue weighted by molar-refractivity contribution is 5.78. The van der Waals surface area contributed by atoms with Crippen molar-refractivity contribution in [3.05, 3.63) is 30.1 Å². The van der Waals surface area contributed by atoms with Crippen LogP contribution in [0.15, 0.2) is 24.4 Å². The molecule has 0 radical (unpaired) electrons. The van der Waals surface area contributed by atoms with Gasteiger partial charge in [-0.25, -0.2) is 0 Å². The zero-order valence-electron chi connectivity index (χ0n) is 10.4. The summed E-state index contributed by atoms with van der Waals surface area (Å²) < 4.78 is 0. The summed E-state index contributed by atoms with van der Waals surface area (Å²) in [6.45, 7) is 4.75. The van der Waals surface area contributed by atoms with Crippen molar-refractivity contribution in [2.45, 2.75) is 26.7 Å². The Morgan fingerprint density at radius 2 is 2.24 bits per heavy atom. The summed E-state index contributed by atoms with van der Waals surface area (Å²) in [6, 6.07) is 5.52. The third-order valence-corrected chi connectivity index (χ3v) is 2.62. The van der Waals surface area contributed by atoms with Gasteiger partial charge in [-0.15, -0.1) is 0 Å². The van der Waals surface area contributed by atoms with Crippen molar-refractivity contribution in [3.63, 3.8) is 0 Å². The van der Waals surface area contributed by atoms with Gasteiger partial charge in [0.15, 0.2) is 0 Å². The van der Waals surface area contributed by atoms with Crippen molar-refractivity contribution in [2.75, 3.05) is 13.2 Å². The molecule has 1 aromatic heterocycles. The summed E-state index contributed by atoms with van der Waals surface area (Å²) in [5, 5.41) is 11.7. The predicted molar refractivity (Wildman–Crippen MR) is 66.4 cm³/mol. The van der Waals surface area contributed by atoms with E-state index in [2.05, 4.69) is 10.3 Å². The molecule has 0 spiro atoms. The van der Waals surface area contributed by atoms with E-state index < -0.39 is 0 Å². The second-order valence-corrected chi connectivity index (χ2v) is 4.91. The molecule has 0 fully saturated rings. The van der Waals surface area contributed by atoms with Crippen LogP contribution in [-0.2, 0) is 11.2 Å². The molecule has 0 saturated carbocycles. The summed E-state index contributed by atoms with van der Waals surface area (Å²) in [4.78, 5) is 15.7. The Kier molecular flexibility index (Phi) is 5.10. The topological polar surface area (TPSA) is 62.2 Å². The Morgan fingerprint density at radius 3 is 2.82 bits per heavy atom. The Morgan fingerprint density at radius 1 is 1.47 bits per heavy atom. The van der Waals surface area contributed by atoms with Gasteiger partial charge in [0.2, 0.25) is 5.91 Å². The average Bonchev–Trinajstić information content (AvgIpc) is 2.28. The van der Waals surface area contributed by atoms with Gasteiger partial charge in [-0.3, -0.25) is 9.78 Å². The van der Waals surface area contributed by atoms with Crippen LogP contribution in [-0.4, -0.2) is 29.1 Å². The molecule has 4 nitrogen and oxygen atoms in total. The third kappa shape index (κ3) is 5.45. The molecule has 1 aromatic rings. The Hall–Kier alpha value is -1.42. The minimum Gasteiger partial charge on any atom is -0.396 e. The fourth-order valence-corrected chi connectivity index (χ4v) is 1.46. The van der Waals surface area contributed by atoms with Gasteiger partial charge in [0, 0.05) is 25.0 Å². The Balaban J connectivity index is 2.36. The zero-order valence-corrected chi connectivity index (χ0v) is 10.4. The molecule has 1 amide bonds. The van der Waals surface area contributed by atoms with Gasteiger partial charge in [0.25, 0.3) is 0 Å². The van der Waals surface area contributed by atoms with Crippen LogP contribution in [0, 0.1) is 5.41 Å². The second-order valence-electron chi connectivity index (χ2n) is 4.91. The van der Waals surface area contributed by atoms with Crippen LogP contribution in [0.1, 0.15) is 26.0 Å². The number of nitrogens with zero attached hydrogens (tertiary/aromatic N) is 1. The molecule has 1 heterocycles. The highest BCUT2D eigenvalue weighted by atomic mass is 16.3. The van der Waals surface area contributed by atoms with Gasteiger partial charge in [-0.05, 0) is 24.0 Å². The molecule has 0 atom stereocenters. The van der Waals surface area contributed by atoms with Gasteiger partial charge in [-0.2, -0.15) is 0 Å². The van der Waals surface area contributed by atoms with Crippen LogP contribution in [0.5, 0.6) is 0 Å². The van der Waals surface area contributed by atoms with E-state index in [4.69, 9.17) is 5.11 Å². The van der Waals surface area contributed by atoms with Gasteiger partial charge in [-0.1, -0.05) is 19.9 Å². The van der Waals surface area contributed by atoms with Crippen LogP contribution in [0.25, 0.3) is 0 Å². The van der Waals surface area contributed by atoms with Crippen molar-refractivity contribution < 1.29 is 9.90 Å². The van der Waals surface area contributed by atoms with E-state index in [-0.39, 0.29) is 17.9 Å². The molecule has 0 aromatic carbocycles. The van der Waals surface area contributed by atoms with E-state index in [1.807, 2.05) is 32.0 Å². The number of amides is 1. The van der Waals surface area contributed by atoms with Crippen LogP contribution >= 0.6 is 0 Å². The first kappa shape index (κ1) is 13.6. The number of rotatable bonds is 6. The second kappa shape index (κ2) is 6.35. The summed E-state index contributed by atoms with van der Waals surface area (Å²) in [7, 11) is 0. The standard InChI is InChI=1S/C13H20N2O2/c1-13(2,6-8-16)10-15-12(17)9-11-5-3-4-7-14-11/h3-5,7,16H,6,8-10H2,1-2H3,(H,15,17). The number of carbonyl (C=O) groups excluding carboxylic acids is 1. The highest BCUT2D eigenvalue weighted by Gasteiger charge is 2.18. The van der Waals surface area contributed by atoms with Crippen LogP contribution in [0.2, 0.25) is 0 Å². The van der Waals surface area contributed by atoms with Gasteiger partial charge in [0.1, 0.15) is 0 Å². The molecule has 0 aliphatic rings. The summed E-state index contributed by atoms with van der Waals surface area (Å²) in [6.07, 6.45) is 2.66. The molecule has 0 bridgehead atoms. The summed E-state index contributed by atoms with van der Waals surface area (Å²) in [5.74, 6) is -0.0327. The lowest BCUT2D eigenvalue weighted by molar-refractivity contribution is -0.121. The monoisotopic (exact) mass is 236 g/mol. The minimum absolute atomic E-state index is 0.0327. The van der Waals surface area contributed by atoms with Crippen molar-refractivity contribution >= 4 is 5.91 Å². The lowest BCUT2D eigenvalue weighted by atomic mass is 9.90. The number of hydrogen-bond donors (Lipinski definition) is 2. The van der Waals surface area contributed by atoms with E-state index in [0.29, 0.717) is 19.4 Å². The number of aromatic nitrogens is 1. The number of pyridine rings is 1. The maximum atomic E-state index is 11.6. The molecule has 0 unspecified atom stereocenters. The van der Waals surface area contributed by atoms with Gasteiger partial charge >= 0.3 is 0 Å². The first-order chi connectivity index (χ1) is 8.03. The number of aliphatic hydroxyl groups excluding tert-OH is 1. The fraction of sp³-hybridized carbons (Fsp3) is 0.538. The summed E-state index contributed by atoms with van der Waals surface area (Å²) in [5.41, 5.74) is 0.694. The molecule has 1 rings (SSSR count). The molecule has 0 aliphatic carbocycles. The van der Waals surface area contributed by atoms with Crippen LogP contribution < -0.4 is 5.32 Å². The normalized spacial score (nSPS) is 11.2. The van der Waals surface area contributed by atoms with E-state index in [1.165, 1.54) is 0 Å². The third-order valence-electron chi connectivity index (χ3n) is 2.62. The first-order valence-electron chi connectivity index (χ1n) is 5.81. The van der Waals surface area contributed by atoms with Crippen molar-refractivity contribution in [3.8, 4) is 0 Å². The number of nitrogens with one attached hydrogen (secondary N) is 1. The number of hydrogen-bond acceptors (Lipinski definition) is 3. The van der Waals surface area contributed by atoms with Crippen LogP contribution in [0.4, 0.5) is 0 Å². The quantitative estimate of drug-likeness (QED) is 0.779. The summed E-state index contributed by atoms with van der Waals surface area (Å²) >= 11 is 0. The first-order valence-corrected chi connectivity index (χ1v) is 5.81. The minimum atomic E-state index is -0.0749. The molecule has 2 N–H and O–H groups in total. The van der Waals surface area contributed by atoms with E-state index >= 15 is 0 Å². The molecule has 17 heavy (non-hydrogen) atoms. The predicted octanol–water partition coefficient (Wildman–Crippen LogP) is 1.15. The maximum absolute atomic E-state index is 11.6. The Bertz CT molecular complexity index is 350.